The molecule has 0 aliphatic rings. The van der Waals surface area contributed by atoms with Crippen molar-refractivity contribution in [1.82, 2.24) is 5.73 Å². The van der Waals surface area contributed by atoms with Gasteiger partial charge in [0.25, 0.3) is 5.91 Å². The van der Waals surface area contributed by atoms with Crippen molar-refractivity contribution in [1.29, 1.82) is 0 Å². The maximum Gasteiger partial charge on any atom is 0.358 e. The SMILES string of the molecule is [NH]C(=O)c1cccc([N+](=O)[O-])c1[N+](=O)[O-]. The molecule has 1 aromatic carbocycles. The maximum atomic E-state index is 10.7. The lowest BCUT2D eigenvalue weighted by atomic mass is 10.1. The number of carbonyl (C=O) groups is 1. The molecule has 1 radical (unpaired) electrons. The second-order valence-electron chi connectivity index (χ2n) is 2.52. The number of hydrogen-bond donors (Lipinski definition) is 0. The summed E-state index contributed by atoms with van der Waals surface area (Å²) in [5, 5.41) is 20.9. The molecule has 1 rings (SSSR count). The molecule has 8 heteroatoms. The van der Waals surface area contributed by atoms with Crippen molar-refractivity contribution in [3.63, 3.8) is 0 Å². The van der Waals surface area contributed by atoms with Gasteiger partial charge < -0.3 is 0 Å². The van der Waals surface area contributed by atoms with Crippen LogP contribution in [0.3, 0.4) is 0 Å². The smallest absolute Gasteiger partial charge is 0.267 e. The summed E-state index contributed by atoms with van der Waals surface area (Å²) >= 11 is 0. The van der Waals surface area contributed by atoms with Crippen LogP contribution in [0, 0.1) is 20.2 Å². The van der Waals surface area contributed by atoms with Crippen molar-refractivity contribution in [3.8, 4) is 0 Å². The zero-order valence-electron chi connectivity index (χ0n) is 7.17. The van der Waals surface area contributed by atoms with E-state index in [-0.39, 0.29) is 0 Å². The lowest BCUT2D eigenvalue weighted by Crippen LogP contribution is -2.06. The molecular weight excluding hydrogens is 206 g/mol. The fourth-order valence-electron chi connectivity index (χ4n) is 1.05. The molecule has 0 spiro atoms. The van der Waals surface area contributed by atoms with E-state index in [1.807, 2.05) is 0 Å². The topological polar surface area (TPSA) is 127 Å². The lowest BCUT2D eigenvalue weighted by Gasteiger charge is -1.98. The Morgan fingerprint density at radius 2 is 1.80 bits per heavy atom. The molecule has 15 heavy (non-hydrogen) atoms. The Bertz CT molecular complexity index is 424. The lowest BCUT2D eigenvalue weighted by molar-refractivity contribution is -0.422. The third kappa shape index (κ3) is 1.88. The molecule has 0 fully saturated rings. The van der Waals surface area contributed by atoms with E-state index in [2.05, 4.69) is 0 Å². The van der Waals surface area contributed by atoms with Crippen LogP contribution in [0.2, 0.25) is 0 Å². The number of nitro groups is 2. The molecule has 1 N–H and O–H groups in total. The third-order valence-electron chi connectivity index (χ3n) is 1.64. The normalized spacial score (nSPS) is 9.60. The molecule has 0 saturated carbocycles. The van der Waals surface area contributed by atoms with Crippen molar-refractivity contribution in [2.45, 2.75) is 0 Å². The van der Waals surface area contributed by atoms with Gasteiger partial charge in [0.15, 0.2) is 0 Å². The van der Waals surface area contributed by atoms with Gasteiger partial charge in [-0.2, -0.15) is 0 Å². The summed E-state index contributed by atoms with van der Waals surface area (Å²) < 4.78 is 0. The number of para-hydroxylation sites is 1. The predicted molar refractivity (Wildman–Crippen MR) is 47.2 cm³/mol. The first-order valence-electron chi connectivity index (χ1n) is 3.63. The van der Waals surface area contributed by atoms with E-state index in [1.54, 1.807) is 0 Å². The summed E-state index contributed by atoms with van der Waals surface area (Å²) in [5.41, 5.74) is 4.40. The van der Waals surface area contributed by atoms with Crippen LogP contribution in [0.1, 0.15) is 10.4 Å². The van der Waals surface area contributed by atoms with Crippen LogP contribution in [-0.4, -0.2) is 15.8 Å². The molecule has 0 aromatic heterocycles. The Kier molecular flexibility index (Phi) is 2.61. The first-order valence-corrected chi connectivity index (χ1v) is 3.63. The number of benzene rings is 1. The molecule has 0 saturated heterocycles. The number of nitro benzene ring substituents is 2. The highest BCUT2D eigenvalue weighted by molar-refractivity contribution is 5.98. The number of amides is 1. The van der Waals surface area contributed by atoms with Gasteiger partial charge in [-0.3, -0.25) is 30.8 Å². The monoisotopic (exact) mass is 210 g/mol. The summed E-state index contributed by atoms with van der Waals surface area (Å²) in [6, 6.07) is 3.03. The fourth-order valence-corrected chi connectivity index (χ4v) is 1.05. The van der Waals surface area contributed by atoms with Gasteiger partial charge in [0, 0.05) is 6.07 Å². The second-order valence-corrected chi connectivity index (χ2v) is 2.52. The van der Waals surface area contributed by atoms with Crippen molar-refractivity contribution in [2.24, 2.45) is 0 Å². The zero-order chi connectivity index (χ0) is 11.6. The molecule has 0 aliphatic heterocycles. The molecule has 77 valence electrons. The van der Waals surface area contributed by atoms with E-state index in [0.29, 0.717) is 0 Å². The van der Waals surface area contributed by atoms with Crippen LogP contribution in [0.4, 0.5) is 11.4 Å². The van der Waals surface area contributed by atoms with Crippen LogP contribution in [0.25, 0.3) is 0 Å². The Morgan fingerprint density at radius 3 is 2.20 bits per heavy atom. The van der Waals surface area contributed by atoms with Crippen molar-refractivity contribution >= 4 is 17.3 Å². The maximum absolute atomic E-state index is 10.7. The predicted octanol–water partition coefficient (Wildman–Crippen LogP) is 0.926. The van der Waals surface area contributed by atoms with E-state index in [0.717, 1.165) is 18.2 Å². The minimum Gasteiger partial charge on any atom is -0.267 e. The molecule has 8 nitrogen and oxygen atoms in total. The van der Waals surface area contributed by atoms with E-state index in [4.69, 9.17) is 5.73 Å². The first-order chi connectivity index (χ1) is 6.95. The van der Waals surface area contributed by atoms with E-state index in [9.17, 15) is 25.0 Å². The molecule has 0 aliphatic carbocycles. The fraction of sp³-hybridized carbons (Fsp3) is 0. The summed E-state index contributed by atoms with van der Waals surface area (Å²) in [5.74, 6) is -1.33. The van der Waals surface area contributed by atoms with E-state index in [1.165, 1.54) is 0 Å². The van der Waals surface area contributed by atoms with Crippen LogP contribution < -0.4 is 5.73 Å². The number of nitrogens with zero attached hydrogens (tertiary/aromatic N) is 2. The third-order valence-corrected chi connectivity index (χ3v) is 1.64. The number of nitrogens with one attached hydrogen (secondary N) is 1. The van der Waals surface area contributed by atoms with Gasteiger partial charge in [0.2, 0.25) is 0 Å². The highest BCUT2D eigenvalue weighted by atomic mass is 16.6. The van der Waals surface area contributed by atoms with Gasteiger partial charge in [0.05, 0.1) is 9.85 Å². The van der Waals surface area contributed by atoms with Gasteiger partial charge in [-0.1, -0.05) is 6.07 Å². The number of rotatable bonds is 3. The van der Waals surface area contributed by atoms with Crippen LogP contribution in [0.5, 0.6) is 0 Å². The van der Waals surface area contributed by atoms with Gasteiger partial charge in [-0.25, -0.2) is 0 Å². The first kappa shape index (κ1) is 10.6. The van der Waals surface area contributed by atoms with Crippen molar-refractivity contribution < 1.29 is 14.6 Å². The molecule has 1 amide bonds. The standard InChI is InChI=1S/C7H4N3O5/c8-7(11)4-2-1-3-5(9(12)13)6(4)10(14)15/h1-3,8H. The van der Waals surface area contributed by atoms with Gasteiger partial charge in [0.1, 0.15) is 5.56 Å². The van der Waals surface area contributed by atoms with Crippen LogP contribution >= 0.6 is 0 Å². The van der Waals surface area contributed by atoms with E-state index < -0.39 is 32.7 Å². The molecular formula is C7H4N3O5. The van der Waals surface area contributed by atoms with Crippen molar-refractivity contribution in [3.05, 3.63) is 44.0 Å². The zero-order valence-corrected chi connectivity index (χ0v) is 7.17. The average Bonchev–Trinajstić information content (AvgIpc) is 2.16. The minimum atomic E-state index is -1.33. The summed E-state index contributed by atoms with van der Waals surface area (Å²) in [6.07, 6.45) is 0. The molecule has 0 atom stereocenters. The molecule has 0 unspecified atom stereocenters. The second kappa shape index (κ2) is 3.70. The van der Waals surface area contributed by atoms with Gasteiger partial charge in [-0.05, 0) is 6.07 Å². The summed E-state index contributed by atoms with van der Waals surface area (Å²) in [6.45, 7) is 0. The average molecular weight is 210 g/mol. The largest absolute Gasteiger partial charge is 0.358 e. The Hall–Kier alpha value is -2.51. The summed E-state index contributed by atoms with van der Waals surface area (Å²) in [4.78, 5) is 29.6. The highest BCUT2D eigenvalue weighted by Crippen LogP contribution is 2.29. The highest BCUT2D eigenvalue weighted by Gasteiger charge is 2.30. The van der Waals surface area contributed by atoms with Gasteiger partial charge >= 0.3 is 11.4 Å². The van der Waals surface area contributed by atoms with Crippen LogP contribution in [0.15, 0.2) is 18.2 Å². The quantitative estimate of drug-likeness (QED) is 0.541. The Labute approximate surface area is 82.6 Å². The van der Waals surface area contributed by atoms with Crippen LogP contribution in [-0.2, 0) is 0 Å². The molecule has 1 aromatic rings. The van der Waals surface area contributed by atoms with Crippen molar-refractivity contribution in [2.75, 3.05) is 0 Å². The van der Waals surface area contributed by atoms with Gasteiger partial charge in [-0.15, -0.1) is 0 Å². The Morgan fingerprint density at radius 1 is 1.20 bits per heavy atom. The number of hydrogen-bond acceptors (Lipinski definition) is 5. The number of carbonyl (C=O) groups excluding carboxylic acids is 1. The molecule has 0 bridgehead atoms. The Balaban J connectivity index is 3.56. The molecule has 0 heterocycles. The minimum absolute atomic E-state index is 0.589. The summed E-state index contributed by atoms with van der Waals surface area (Å²) in [7, 11) is 0. The van der Waals surface area contributed by atoms with E-state index >= 15 is 0 Å².